The van der Waals surface area contributed by atoms with E-state index in [1.165, 1.54) is 24.3 Å². The molecule has 0 radical (unpaired) electrons. The molecule has 0 N–H and O–H groups in total. The highest BCUT2D eigenvalue weighted by molar-refractivity contribution is 6.34. The van der Waals surface area contributed by atoms with Crippen molar-refractivity contribution in [3.05, 3.63) is 52.3 Å². The molecule has 3 amide bonds. The summed E-state index contributed by atoms with van der Waals surface area (Å²) in [6.07, 6.45) is 1.55. The van der Waals surface area contributed by atoms with Crippen LogP contribution in [-0.4, -0.2) is 110 Å². The van der Waals surface area contributed by atoms with Crippen molar-refractivity contribution < 1.29 is 37.7 Å². The van der Waals surface area contributed by atoms with Crippen LogP contribution >= 0.6 is 11.6 Å². The summed E-state index contributed by atoms with van der Waals surface area (Å²) < 4.78 is 37.7. The molecule has 0 aromatic heterocycles. The molecule has 4 rings (SSSR count). The summed E-state index contributed by atoms with van der Waals surface area (Å²) in [5.41, 5.74) is 0.334. The van der Waals surface area contributed by atoms with Gasteiger partial charge in [0, 0.05) is 69.0 Å². The summed E-state index contributed by atoms with van der Waals surface area (Å²) in [7, 11) is 1.59. The molecule has 2 heterocycles. The number of rotatable bonds is 10. The Morgan fingerprint density at radius 2 is 1.77 bits per heavy atom. The van der Waals surface area contributed by atoms with Crippen molar-refractivity contribution in [2.45, 2.75) is 71.6 Å². The second-order valence-corrected chi connectivity index (χ2v) is 13.6. The van der Waals surface area contributed by atoms with Gasteiger partial charge in [0.2, 0.25) is 0 Å². The summed E-state index contributed by atoms with van der Waals surface area (Å²) in [4.78, 5) is 45.5. The second kappa shape index (κ2) is 16.1. The zero-order valence-electron chi connectivity index (χ0n) is 28.3. The van der Waals surface area contributed by atoms with Crippen LogP contribution in [0, 0.1) is 5.82 Å². The molecule has 258 valence electrons. The summed E-state index contributed by atoms with van der Waals surface area (Å²) in [5, 5.41) is 0.115. The van der Waals surface area contributed by atoms with Crippen LogP contribution in [0.15, 0.2) is 30.3 Å². The van der Waals surface area contributed by atoms with Gasteiger partial charge in [-0.1, -0.05) is 11.6 Å². The number of carbonyl (C=O) groups is 3. The number of amides is 3. The number of hydrogen-bond acceptors (Lipinski definition) is 7. The first kappa shape index (κ1) is 36.4. The highest BCUT2D eigenvalue weighted by Gasteiger charge is 2.35. The molecule has 2 saturated heterocycles. The Kier molecular flexibility index (Phi) is 12.5. The molecule has 1 atom stereocenters. The van der Waals surface area contributed by atoms with Crippen LogP contribution < -0.4 is 4.74 Å². The average Bonchev–Trinajstić information content (AvgIpc) is 3.03. The van der Waals surface area contributed by atoms with E-state index < -0.39 is 17.5 Å². The maximum Gasteiger partial charge on any atom is 0.410 e. The zero-order valence-corrected chi connectivity index (χ0v) is 29.0. The van der Waals surface area contributed by atoms with Crippen LogP contribution in [-0.2, 0) is 14.2 Å². The molecule has 2 aliphatic heterocycles. The average molecular weight is 676 g/mol. The number of ether oxygens (including phenoxy) is 4. The van der Waals surface area contributed by atoms with Gasteiger partial charge < -0.3 is 33.6 Å². The van der Waals surface area contributed by atoms with Crippen molar-refractivity contribution in [3.8, 4) is 16.9 Å². The number of benzene rings is 2. The lowest BCUT2D eigenvalue weighted by atomic mass is 9.97. The molecule has 2 aromatic carbocycles. The maximum absolute atomic E-state index is 15.5. The van der Waals surface area contributed by atoms with Crippen molar-refractivity contribution in [2.75, 3.05) is 59.7 Å². The minimum Gasteiger partial charge on any atom is -0.493 e. The highest BCUT2D eigenvalue weighted by Crippen LogP contribution is 2.38. The number of likely N-dealkylation sites (tertiary alicyclic amines) is 1. The third-order valence-electron chi connectivity index (χ3n) is 8.08. The molecular formula is C35H47ClFN3O7. The Hall–Kier alpha value is -3.41. The van der Waals surface area contributed by atoms with Crippen molar-refractivity contribution in [1.29, 1.82) is 0 Å². The van der Waals surface area contributed by atoms with Gasteiger partial charge in [0.15, 0.2) is 0 Å². The third kappa shape index (κ3) is 9.36. The second-order valence-electron chi connectivity index (χ2n) is 13.2. The van der Waals surface area contributed by atoms with E-state index in [2.05, 4.69) is 0 Å². The summed E-state index contributed by atoms with van der Waals surface area (Å²) in [6.45, 7) is 12.6. The molecule has 0 bridgehead atoms. The molecule has 2 aliphatic rings. The van der Waals surface area contributed by atoms with Gasteiger partial charge >= 0.3 is 6.09 Å². The smallest absolute Gasteiger partial charge is 0.410 e. The first-order chi connectivity index (χ1) is 22.3. The monoisotopic (exact) mass is 675 g/mol. The van der Waals surface area contributed by atoms with Crippen molar-refractivity contribution >= 4 is 29.5 Å². The number of carbonyl (C=O) groups excluding carboxylic acids is 3. The quantitative estimate of drug-likeness (QED) is 0.273. The van der Waals surface area contributed by atoms with Crippen LogP contribution in [0.2, 0.25) is 5.02 Å². The zero-order chi connectivity index (χ0) is 34.3. The number of halogens is 2. The summed E-state index contributed by atoms with van der Waals surface area (Å²) >= 11 is 6.83. The van der Waals surface area contributed by atoms with Crippen LogP contribution in [0.3, 0.4) is 0 Å². The van der Waals surface area contributed by atoms with E-state index in [1.54, 1.807) is 27.9 Å². The fraction of sp³-hybridized carbons (Fsp3) is 0.571. The number of morpholine rings is 1. The van der Waals surface area contributed by atoms with E-state index >= 15 is 4.39 Å². The first-order valence-electron chi connectivity index (χ1n) is 16.2. The van der Waals surface area contributed by atoms with Crippen LogP contribution in [0.5, 0.6) is 5.75 Å². The minimum atomic E-state index is -0.638. The fourth-order valence-electron chi connectivity index (χ4n) is 5.88. The normalized spacial score (nSPS) is 17.1. The van der Waals surface area contributed by atoms with E-state index in [0.717, 1.165) is 0 Å². The Bertz CT molecular complexity index is 1420. The molecule has 0 spiro atoms. The van der Waals surface area contributed by atoms with E-state index in [-0.39, 0.29) is 52.4 Å². The van der Waals surface area contributed by atoms with Crippen molar-refractivity contribution in [3.63, 3.8) is 0 Å². The Morgan fingerprint density at radius 1 is 1.04 bits per heavy atom. The molecule has 2 fully saturated rings. The molecule has 0 aliphatic carbocycles. The van der Waals surface area contributed by atoms with Gasteiger partial charge in [-0.2, -0.15) is 0 Å². The van der Waals surface area contributed by atoms with Crippen molar-refractivity contribution in [2.24, 2.45) is 0 Å². The largest absolute Gasteiger partial charge is 0.493 e. The van der Waals surface area contributed by atoms with E-state index in [4.69, 9.17) is 30.5 Å². The lowest BCUT2D eigenvalue weighted by Gasteiger charge is -2.41. The van der Waals surface area contributed by atoms with E-state index in [9.17, 15) is 14.4 Å². The Labute approximate surface area is 282 Å². The molecule has 12 heteroatoms. The number of piperidine rings is 1. The minimum absolute atomic E-state index is 0.115. The van der Waals surface area contributed by atoms with Gasteiger partial charge in [-0.25, -0.2) is 9.18 Å². The first-order valence-corrected chi connectivity index (χ1v) is 16.6. The predicted octanol–water partition coefficient (Wildman–Crippen LogP) is 6.28. The molecular weight excluding hydrogens is 629 g/mol. The Morgan fingerprint density at radius 3 is 2.43 bits per heavy atom. The van der Waals surface area contributed by atoms with Crippen LogP contribution in [0.25, 0.3) is 11.1 Å². The third-order valence-corrected chi connectivity index (χ3v) is 8.40. The van der Waals surface area contributed by atoms with Gasteiger partial charge in [0.25, 0.3) is 11.8 Å². The molecule has 0 saturated carbocycles. The predicted molar refractivity (Wildman–Crippen MR) is 178 cm³/mol. The molecule has 10 nitrogen and oxygen atoms in total. The highest BCUT2D eigenvalue weighted by atomic mass is 35.5. The van der Waals surface area contributed by atoms with Gasteiger partial charge in [-0.3, -0.25) is 9.59 Å². The fourth-order valence-corrected chi connectivity index (χ4v) is 6.13. The summed E-state index contributed by atoms with van der Waals surface area (Å²) in [5.74, 6) is -0.860. The Balaban J connectivity index is 1.69. The maximum atomic E-state index is 15.5. The molecule has 47 heavy (non-hydrogen) atoms. The standard InChI is InChI=1S/C35H47ClFN3O7/c1-23(2)40(25-9-7-12-39(22-25)34(43)47-35(3,4)5)33(42)28-21-31(46-16-8-15-44-6)27(20-29(28)36)26-19-24(10-11-30(26)37)32(41)38-13-17-45-18-14-38/h10-11,19-21,23,25H,7-9,12-18,22H2,1-6H3/t25-/m1/s1. The van der Waals surface area contributed by atoms with Gasteiger partial charge in [-0.15, -0.1) is 0 Å². The van der Waals surface area contributed by atoms with Gasteiger partial charge in [-0.05, 0) is 77.8 Å². The molecule has 0 unspecified atom stereocenters. The summed E-state index contributed by atoms with van der Waals surface area (Å²) in [6, 6.07) is 6.79. The lowest BCUT2D eigenvalue weighted by molar-refractivity contribution is 0.00752. The SMILES string of the molecule is COCCCOc1cc(C(=O)N(C(C)C)[C@@H]2CCCN(C(=O)OC(C)(C)C)C2)c(Cl)cc1-c1cc(C(=O)N2CCOCC2)ccc1F. The topological polar surface area (TPSA) is 97.8 Å². The van der Waals surface area contributed by atoms with Crippen LogP contribution in [0.4, 0.5) is 9.18 Å². The van der Waals surface area contributed by atoms with E-state index in [1.807, 2.05) is 34.6 Å². The van der Waals surface area contributed by atoms with Crippen LogP contribution in [0.1, 0.15) is 74.6 Å². The van der Waals surface area contributed by atoms with E-state index in [0.29, 0.717) is 76.4 Å². The van der Waals surface area contributed by atoms with Gasteiger partial charge in [0.05, 0.1) is 36.4 Å². The molecule has 2 aromatic rings. The number of methoxy groups -OCH3 is 1. The van der Waals surface area contributed by atoms with Gasteiger partial charge in [0.1, 0.15) is 17.2 Å². The number of nitrogens with zero attached hydrogens (tertiary/aromatic N) is 3. The number of hydrogen-bond donors (Lipinski definition) is 0. The van der Waals surface area contributed by atoms with Crippen molar-refractivity contribution in [1.82, 2.24) is 14.7 Å². The lowest BCUT2D eigenvalue weighted by Crippen LogP contribution is -2.54.